The second kappa shape index (κ2) is 3.98. The van der Waals surface area contributed by atoms with Gasteiger partial charge in [-0.2, -0.15) is 0 Å². The third kappa shape index (κ3) is 1.78. The average Bonchev–Trinajstić information content (AvgIpc) is 3.02. The van der Waals surface area contributed by atoms with Gasteiger partial charge in [0.15, 0.2) is 0 Å². The maximum atomic E-state index is 5.50. The third-order valence-electron chi connectivity index (χ3n) is 2.82. The van der Waals surface area contributed by atoms with Crippen LogP contribution < -0.4 is 0 Å². The van der Waals surface area contributed by atoms with Gasteiger partial charge in [-0.3, -0.25) is 0 Å². The number of hydrogen-bond donors (Lipinski definition) is 0. The first-order valence-electron chi connectivity index (χ1n) is 5.62. The minimum absolute atomic E-state index is 0.900. The summed E-state index contributed by atoms with van der Waals surface area (Å²) >= 11 is 0. The number of furan rings is 1. The maximum Gasteiger partial charge on any atom is 0.135 e. The monoisotopic (exact) mass is 223 g/mol. The lowest BCUT2D eigenvalue weighted by atomic mass is 10.1. The van der Waals surface area contributed by atoms with Gasteiger partial charge in [0.1, 0.15) is 5.76 Å². The van der Waals surface area contributed by atoms with E-state index >= 15 is 0 Å². The summed E-state index contributed by atoms with van der Waals surface area (Å²) in [5, 5.41) is 0. The zero-order chi connectivity index (χ0) is 11.7. The predicted molar refractivity (Wildman–Crippen MR) is 68.2 cm³/mol. The van der Waals surface area contributed by atoms with Gasteiger partial charge in [-0.25, -0.2) is 0 Å². The van der Waals surface area contributed by atoms with E-state index in [1.165, 1.54) is 5.56 Å². The molecule has 3 rings (SSSR count). The average molecular weight is 223 g/mol. The van der Waals surface area contributed by atoms with Gasteiger partial charge in [-0.15, -0.1) is 0 Å². The Morgan fingerprint density at radius 2 is 1.82 bits per heavy atom. The van der Waals surface area contributed by atoms with Crippen LogP contribution in [-0.4, -0.2) is 4.57 Å². The van der Waals surface area contributed by atoms with E-state index in [1.807, 2.05) is 36.7 Å². The third-order valence-corrected chi connectivity index (χ3v) is 2.82. The van der Waals surface area contributed by atoms with Crippen LogP contribution in [0.15, 0.2) is 65.5 Å². The molecule has 0 spiro atoms. The Morgan fingerprint density at radius 3 is 2.53 bits per heavy atom. The zero-order valence-corrected chi connectivity index (χ0v) is 9.63. The first kappa shape index (κ1) is 9.97. The van der Waals surface area contributed by atoms with Crippen LogP contribution in [0.4, 0.5) is 0 Å². The summed E-state index contributed by atoms with van der Waals surface area (Å²) in [6.45, 7) is 2.09. The molecule has 0 bridgehead atoms. The van der Waals surface area contributed by atoms with Crippen molar-refractivity contribution in [1.29, 1.82) is 0 Å². The van der Waals surface area contributed by atoms with Crippen LogP contribution in [0.2, 0.25) is 0 Å². The van der Waals surface area contributed by atoms with E-state index in [9.17, 15) is 0 Å². The van der Waals surface area contributed by atoms with Crippen LogP contribution in [0.25, 0.3) is 17.0 Å². The Bertz CT molecular complexity index is 606. The molecular weight excluding hydrogens is 210 g/mol. The number of aromatic nitrogens is 1. The summed E-state index contributed by atoms with van der Waals surface area (Å²) in [7, 11) is 0. The number of rotatable bonds is 2. The van der Waals surface area contributed by atoms with Crippen molar-refractivity contribution in [3.05, 3.63) is 66.7 Å². The normalized spacial score (nSPS) is 10.6. The molecule has 0 fully saturated rings. The molecule has 0 saturated heterocycles. The molecule has 0 atom stereocenters. The molecule has 84 valence electrons. The molecule has 0 saturated carbocycles. The van der Waals surface area contributed by atoms with Gasteiger partial charge in [0.05, 0.1) is 12.0 Å². The van der Waals surface area contributed by atoms with Crippen LogP contribution in [0.5, 0.6) is 0 Å². The summed E-state index contributed by atoms with van der Waals surface area (Å²) in [6, 6.07) is 14.3. The Morgan fingerprint density at radius 1 is 1.00 bits per heavy atom. The zero-order valence-electron chi connectivity index (χ0n) is 9.63. The van der Waals surface area contributed by atoms with Gasteiger partial charge in [0.2, 0.25) is 0 Å². The maximum absolute atomic E-state index is 5.50. The van der Waals surface area contributed by atoms with E-state index in [0.29, 0.717) is 0 Å². The van der Waals surface area contributed by atoms with E-state index < -0.39 is 0 Å². The van der Waals surface area contributed by atoms with Gasteiger partial charge in [-0.1, -0.05) is 11.6 Å². The molecule has 2 nitrogen and oxygen atoms in total. The molecule has 17 heavy (non-hydrogen) atoms. The summed E-state index contributed by atoms with van der Waals surface area (Å²) in [5.74, 6) is 0.900. The number of hydrogen-bond acceptors (Lipinski definition) is 1. The van der Waals surface area contributed by atoms with Crippen molar-refractivity contribution in [2.24, 2.45) is 0 Å². The minimum atomic E-state index is 0.900. The van der Waals surface area contributed by atoms with Crippen molar-refractivity contribution in [2.45, 2.75) is 6.92 Å². The van der Waals surface area contributed by atoms with Gasteiger partial charge in [-0.05, 0) is 43.3 Å². The highest BCUT2D eigenvalue weighted by atomic mass is 16.3. The second-order valence-electron chi connectivity index (χ2n) is 4.09. The molecule has 0 aliphatic carbocycles. The van der Waals surface area contributed by atoms with Gasteiger partial charge >= 0.3 is 0 Å². The van der Waals surface area contributed by atoms with Gasteiger partial charge in [0.25, 0.3) is 0 Å². The molecule has 0 amide bonds. The molecule has 1 aromatic carbocycles. The molecule has 2 aromatic heterocycles. The molecular formula is C15H13NO. The van der Waals surface area contributed by atoms with Crippen LogP contribution >= 0.6 is 0 Å². The topological polar surface area (TPSA) is 18.1 Å². The van der Waals surface area contributed by atoms with Crippen LogP contribution in [-0.2, 0) is 0 Å². The Hall–Kier alpha value is -2.22. The molecule has 0 unspecified atom stereocenters. The van der Waals surface area contributed by atoms with Gasteiger partial charge in [0, 0.05) is 18.0 Å². The van der Waals surface area contributed by atoms with Crippen molar-refractivity contribution in [3.63, 3.8) is 0 Å². The smallest absolute Gasteiger partial charge is 0.135 e. The number of aryl methyl sites for hydroxylation is 1. The molecule has 2 heteroatoms. The van der Waals surface area contributed by atoms with E-state index in [-0.39, 0.29) is 0 Å². The first-order chi connectivity index (χ1) is 8.34. The van der Waals surface area contributed by atoms with E-state index in [4.69, 9.17) is 4.42 Å². The van der Waals surface area contributed by atoms with Gasteiger partial charge < -0.3 is 8.98 Å². The number of nitrogens with zero attached hydrogens (tertiary/aromatic N) is 1. The lowest BCUT2D eigenvalue weighted by molar-refractivity contribution is 0.582. The van der Waals surface area contributed by atoms with Crippen molar-refractivity contribution >= 4 is 0 Å². The Labute approximate surface area is 100 Å². The summed E-state index contributed by atoms with van der Waals surface area (Å²) < 4.78 is 7.59. The van der Waals surface area contributed by atoms with Crippen molar-refractivity contribution in [2.75, 3.05) is 0 Å². The minimum Gasteiger partial charge on any atom is -0.464 e. The van der Waals surface area contributed by atoms with E-state index in [0.717, 1.165) is 17.0 Å². The van der Waals surface area contributed by atoms with Crippen LogP contribution in [0.1, 0.15) is 5.56 Å². The fourth-order valence-electron chi connectivity index (χ4n) is 2.00. The second-order valence-corrected chi connectivity index (χ2v) is 4.09. The van der Waals surface area contributed by atoms with Crippen LogP contribution in [0, 0.1) is 6.92 Å². The molecule has 2 heterocycles. The summed E-state index contributed by atoms with van der Waals surface area (Å²) in [6.07, 6.45) is 5.78. The summed E-state index contributed by atoms with van der Waals surface area (Å²) in [5.41, 5.74) is 3.48. The number of benzene rings is 1. The standard InChI is InChI=1S/C15H13NO/c1-12-6-7-14(16-8-2-3-9-16)13(11-12)15-5-4-10-17-15/h2-11H,1H3. The molecule has 0 aliphatic rings. The van der Waals surface area contributed by atoms with Crippen molar-refractivity contribution in [3.8, 4) is 17.0 Å². The molecule has 0 radical (unpaired) electrons. The quantitative estimate of drug-likeness (QED) is 0.641. The largest absolute Gasteiger partial charge is 0.464 e. The lowest BCUT2D eigenvalue weighted by Crippen LogP contribution is -1.93. The fourth-order valence-corrected chi connectivity index (χ4v) is 2.00. The highest BCUT2D eigenvalue weighted by Gasteiger charge is 2.08. The summed E-state index contributed by atoms with van der Waals surface area (Å²) in [4.78, 5) is 0. The van der Waals surface area contributed by atoms with Crippen LogP contribution in [0.3, 0.4) is 0 Å². The highest BCUT2D eigenvalue weighted by molar-refractivity contribution is 5.69. The Balaban J connectivity index is 2.22. The predicted octanol–water partition coefficient (Wildman–Crippen LogP) is 4.05. The Kier molecular flexibility index (Phi) is 2.33. The van der Waals surface area contributed by atoms with Crippen molar-refractivity contribution in [1.82, 2.24) is 4.57 Å². The SMILES string of the molecule is Cc1ccc(-n2cccc2)c(-c2ccco2)c1. The highest BCUT2D eigenvalue weighted by Crippen LogP contribution is 2.28. The lowest BCUT2D eigenvalue weighted by Gasteiger charge is -2.09. The first-order valence-corrected chi connectivity index (χ1v) is 5.62. The van der Waals surface area contributed by atoms with Crippen molar-refractivity contribution < 1.29 is 4.42 Å². The van der Waals surface area contributed by atoms with E-state index in [2.05, 4.69) is 29.7 Å². The fraction of sp³-hybridized carbons (Fsp3) is 0.0667. The molecule has 0 aliphatic heterocycles. The molecule has 3 aromatic rings. The molecule has 0 N–H and O–H groups in total. The van der Waals surface area contributed by atoms with E-state index in [1.54, 1.807) is 6.26 Å².